The maximum atomic E-state index is 13.1. The van der Waals surface area contributed by atoms with Crippen LogP contribution in [0.4, 0.5) is 15.8 Å². The van der Waals surface area contributed by atoms with E-state index in [0.29, 0.717) is 12.2 Å². The number of para-hydroxylation sites is 1. The van der Waals surface area contributed by atoms with E-state index in [-0.39, 0.29) is 16.5 Å². The van der Waals surface area contributed by atoms with Gasteiger partial charge in [-0.15, -0.1) is 0 Å². The van der Waals surface area contributed by atoms with Crippen LogP contribution in [0.25, 0.3) is 0 Å². The average molecular weight is 291 g/mol. The van der Waals surface area contributed by atoms with E-state index in [0.717, 1.165) is 23.7 Å². The number of nitrogens with two attached hydrogens (primary N) is 1. The van der Waals surface area contributed by atoms with Crippen LogP contribution < -0.4 is 10.6 Å². The third kappa shape index (κ3) is 2.02. The Kier molecular flexibility index (Phi) is 3.10. The van der Waals surface area contributed by atoms with Crippen molar-refractivity contribution < 1.29 is 9.18 Å². The molecule has 1 aliphatic heterocycles. The van der Waals surface area contributed by atoms with Crippen molar-refractivity contribution in [1.82, 2.24) is 0 Å². The summed E-state index contributed by atoms with van der Waals surface area (Å²) in [5.41, 5.74) is 8.57. The van der Waals surface area contributed by atoms with Crippen LogP contribution in [-0.4, -0.2) is 12.5 Å². The number of rotatable bonds is 1. The van der Waals surface area contributed by atoms with Crippen molar-refractivity contribution in [2.75, 3.05) is 17.2 Å². The van der Waals surface area contributed by atoms with Crippen molar-refractivity contribution in [3.63, 3.8) is 0 Å². The third-order valence-corrected chi connectivity index (χ3v) is 3.74. The summed E-state index contributed by atoms with van der Waals surface area (Å²) >= 11 is 5.95. The molecule has 0 aromatic heterocycles. The Morgan fingerprint density at radius 3 is 2.85 bits per heavy atom. The number of hydrogen-bond acceptors (Lipinski definition) is 2. The van der Waals surface area contributed by atoms with Crippen LogP contribution in [0, 0.1) is 5.82 Å². The zero-order valence-electron chi connectivity index (χ0n) is 10.6. The lowest BCUT2D eigenvalue weighted by atomic mass is 10.1. The summed E-state index contributed by atoms with van der Waals surface area (Å²) in [6, 6.07) is 9.34. The molecule has 0 unspecified atom stereocenters. The Bertz CT molecular complexity index is 702. The van der Waals surface area contributed by atoms with E-state index in [1.165, 1.54) is 12.1 Å². The lowest BCUT2D eigenvalue weighted by Crippen LogP contribution is -2.29. The first-order chi connectivity index (χ1) is 9.58. The fourth-order valence-electron chi connectivity index (χ4n) is 2.50. The molecule has 1 amide bonds. The summed E-state index contributed by atoms with van der Waals surface area (Å²) in [5.74, 6) is -0.723. The molecule has 2 aromatic carbocycles. The van der Waals surface area contributed by atoms with E-state index in [2.05, 4.69) is 0 Å². The quantitative estimate of drug-likeness (QED) is 0.819. The summed E-state index contributed by atoms with van der Waals surface area (Å²) in [6.45, 7) is 0.552. The molecule has 0 spiro atoms. The Morgan fingerprint density at radius 1 is 1.30 bits per heavy atom. The first-order valence-corrected chi connectivity index (χ1v) is 6.60. The minimum absolute atomic E-state index is 0.109. The number of amides is 1. The van der Waals surface area contributed by atoms with Crippen LogP contribution in [0.5, 0.6) is 0 Å². The maximum Gasteiger partial charge on any atom is 0.259 e. The van der Waals surface area contributed by atoms with Gasteiger partial charge in [-0.25, -0.2) is 4.39 Å². The first kappa shape index (κ1) is 12.9. The topological polar surface area (TPSA) is 46.3 Å². The van der Waals surface area contributed by atoms with E-state index in [1.807, 2.05) is 12.1 Å². The molecule has 0 fully saturated rings. The molecule has 0 bridgehead atoms. The molecule has 1 aliphatic rings. The van der Waals surface area contributed by atoms with Crippen molar-refractivity contribution in [3.05, 3.63) is 58.4 Å². The molecule has 0 radical (unpaired) electrons. The second-order valence-electron chi connectivity index (χ2n) is 4.69. The lowest BCUT2D eigenvalue weighted by molar-refractivity contribution is 0.0989. The highest BCUT2D eigenvalue weighted by molar-refractivity contribution is 6.34. The predicted octanol–water partition coefficient (Wildman–Crippen LogP) is 3.26. The van der Waals surface area contributed by atoms with Gasteiger partial charge in [0.05, 0.1) is 22.0 Å². The fraction of sp³-hybridized carbons (Fsp3) is 0.133. The number of hydrogen-bond donors (Lipinski definition) is 1. The number of nitrogen functional groups attached to an aromatic ring is 1. The van der Waals surface area contributed by atoms with Crippen molar-refractivity contribution >= 4 is 28.9 Å². The zero-order valence-corrected chi connectivity index (χ0v) is 11.3. The predicted molar refractivity (Wildman–Crippen MR) is 77.6 cm³/mol. The molecule has 5 heteroatoms. The lowest BCUT2D eigenvalue weighted by Gasteiger charge is -2.19. The summed E-state index contributed by atoms with van der Waals surface area (Å²) in [4.78, 5) is 14.2. The molecule has 1 heterocycles. The molecule has 20 heavy (non-hydrogen) atoms. The molecule has 3 nitrogen and oxygen atoms in total. The molecule has 102 valence electrons. The highest BCUT2D eigenvalue weighted by atomic mass is 35.5. The van der Waals surface area contributed by atoms with Crippen LogP contribution in [0.2, 0.25) is 5.02 Å². The van der Waals surface area contributed by atoms with Gasteiger partial charge in [0.25, 0.3) is 5.91 Å². The number of anilines is 2. The van der Waals surface area contributed by atoms with Crippen molar-refractivity contribution in [1.29, 1.82) is 0 Å². The van der Waals surface area contributed by atoms with Crippen molar-refractivity contribution in [2.45, 2.75) is 6.42 Å². The molecular formula is C15H12ClFN2O. The Labute approximate surface area is 120 Å². The number of fused-ring (bicyclic) bond motifs is 1. The van der Waals surface area contributed by atoms with Crippen LogP contribution in [0.3, 0.4) is 0 Å². The van der Waals surface area contributed by atoms with E-state index in [1.54, 1.807) is 11.0 Å². The van der Waals surface area contributed by atoms with Gasteiger partial charge in [0.1, 0.15) is 5.82 Å². The smallest absolute Gasteiger partial charge is 0.259 e. The SMILES string of the molecule is Nc1cccc2c1N(C(=O)c1ccc(F)cc1Cl)CC2. The molecule has 2 N–H and O–H groups in total. The first-order valence-electron chi connectivity index (χ1n) is 6.22. The highest BCUT2D eigenvalue weighted by Crippen LogP contribution is 2.35. The van der Waals surface area contributed by atoms with Gasteiger partial charge >= 0.3 is 0 Å². The molecule has 0 saturated carbocycles. The number of carbonyl (C=O) groups is 1. The van der Waals surface area contributed by atoms with Crippen LogP contribution in [0.1, 0.15) is 15.9 Å². The van der Waals surface area contributed by atoms with E-state index in [9.17, 15) is 9.18 Å². The van der Waals surface area contributed by atoms with Crippen molar-refractivity contribution in [3.8, 4) is 0 Å². The van der Waals surface area contributed by atoms with Gasteiger partial charge in [0.2, 0.25) is 0 Å². The normalized spacial score (nSPS) is 13.4. The van der Waals surface area contributed by atoms with Crippen molar-refractivity contribution in [2.24, 2.45) is 0 Å². The van der Waals surface area contributed by atoms with E-state index in [4.69, 9.17) is 17.3 Å². The molecule has 0 saturated heterocycles. The Morgan fingerprint density at radius 2 is 2.10 bits per heavy atom. The van der Waals surface area contributed by atoms with E-state index < -0.39 is 5.82 Å². The highest BCUT2D eigenvalue weighted by Gasteiger charge is 2.28. The van der Waals surface area contributed by atoms with Gasteiger partial charge in [-0.05, 0) is 36.2 Å². The second-order valence-corrected chi connectivity index (χ2v) is 5.09. The van der Waals surface area contributed by atoms with Crippen LogP contribution >= 0.6 is 11.6 Å². The number of benzene rings is 2. The minimum Gasteiger partial charge on any atom is -0.397 e. The zero-order chi connectivity index (χ0) is 14.3. The molecule has 0 atom stereocenters. The molecule has 0 aliphatic carbocycles. The summed E-state index contributed by atoms with van der Waals surface area (Å²) < 4.78 is 13.1. The maximum absolute atomic E-state index is 13.1. The largest absolute Gasteiger partial charge is 0.397 e. The fourth-order valence-corrected chi connectivity index (χ4v) is 2.75. The second kappa shape index (κ2) is 4.80. The summed E-state index contributed by atoms with van der Waals surface area (Å²) in [6.07, 6.45) is 0.755. The molecule has 3 rings (SSSR count). The summed E-state index contributed by atoms with van der Waals surface area (Å²) in [5, 5.41) is 0.109. The van der Waals surface area contributed by atoms with E-state index >= 15 is 0 Å². The average Bonchev–Trinajstić information content (AvgIpc) is 2.83. The van der Waals surface area contributed by atoms with Gasteiger partial charge in [-0.2, -0.15) is 0 Å². The van der Waals surface area contributed by atoms with Gasteiger partial charge < -0.3 is 10.6 Å². The minimum atomic E-state index is -0.465. The van der Waals surface area contributed by atoms with Gasteiger partial charge in [0, 0.05) is 6.54 Å². The summed E-state index contributed by atoms with van der Waals surface area (Å²) in [7, 11) is 0. The van der Waals surface area contributed by atoms with Crippen LogP contribution in [0.15, 0.2) is 36.4 Å². The molecular weight excluding hydrogens is 279 g/mol. The molecule has 2 aromatic rings. The van der Waals surface area contributed by atoms with Crippen LogP contribution in [-0.2, 0) is 6.42 Å². The number of carbonyl (C=O) groups excluding carboxylic acids is 1. The van der Waals surface area contributed by atoms with Gasteiger partial charge in [-0.1, -0.05) is 23.7 Å². The Hall–Kier alpha value is -2.07. The number of halogens is 2. The van der Waals surface area contributed by atoms with Gasteiger partial charge in [0.15, 0.2) is 0 Å². The van der Waals surface area contributed by atoms with Gasteiger partial charge in [-0.3, -0.25) is 4.79 Å². The Balaban J connectivity index is 2.02. The standard InChI is InChI=1S/C15H12ClFN2O/c16-12-8-10(17)4-5-11(12)15(20)19-7-6-9-2-1-3-13(18)14(9)19/h1-5,8H,6-7,18H2. The number of nitrogens with zero attached hydrogens (tertiary/aromatic N) is 1. The third-order valence-electron chi connectivity index (χ3n) is 3.43. The monoisotopic (exact) mass is 290 g/mol.